The van der Waals surface area contributed by atoms with Crippen LogP contribution in [0.25, 0.3) is 6.08 Å². The molecule has 0 aromatic heterocycles. The molecule has 5 heteroatoms. The monoisotopic (exact) mass is 312 g/mol. The maximum atomic E-state index is 11.7. The molecular weight excluding hydrogens is 292 g/mol. The van der Waals surface area contributed by atoms with E-state index in [0.717, 1.165) is 16.9 Å². The summed E-state index contributed by atoms with van der Waals surface area (Å²) < 4.78 is 10.2. The van der Waals surface area contributed by atoms with E-state index in [0.29, 0.717) is 17.8 Å². The van der Waals surface area contributed by atoms with Gasteiger partial charge in [0.1, 0.15) is 5.75 Å². The minimum absolute atomic E-state index is 0.249. The third-order valence-electron chi connectivity index (χ3n) is 3.31. The second kappa shape index (κ2) is 7.89. The van der Waals surface area contributed by atoms with Crippen molar-refractivity contribution in [2.45, 2.75) is 6.42 Å². The standard InChI is InChI=1S/C18H20N2O3/c1-22-16-6-2-13(3-7-16)4-9-18(21)23-11-10-14-12-15(19)5-8-17(14)20/h2-9,12H,10-11,19-20H2,1H3/b9-4+. The Kier molecular flexibility index (Phi) is 5.63. The lowest BCUT2D eigenvalue weighted by Gasteiger charge is -2.07. The molecule has 0 aliphatic heterocycles. The van der Waals surface area contributed by atoms with Gasteiger partial charge in [-0.05, 0) is 47.5 Å². The first-order valence-corrected chi connectivity index (χ1v) is 7.21. The van der Waals surface area contributed by atoms with Crippen molar-refractivity contribution >= 4 is 23.4 Å². The van der Waals surface area contributed by atoms with Gasteiger partial charge >= 0.3 is 5.97 Å². The van der Waals surface area contributed by atoms with Crippen LogP contribution < -0.4 is 16.2 Å². The molecule has 0 amide bonds. The van der Waals surface area contributed by atoms with Gasteiger partial charge < -0.3 is 20.9 Å². The normalized spacial score (nSPS) is 10.7. The molecule has 0 bridgehead atoms. The van der Waals surface area contributed by atoms with Gasteiger partial charge in [-0.3, -0.25) is 0 Å². The van der Waals surface area contributed by atoms with E-state index >= 15 is 0 Å². The maximum Gasteiger partial charge on any atom is 0.330 e. The first kappa shape index (κ1) is 16.4. The molecular formula is C18H20N2O3. The largest absolute Gasteiger partial charge is 0.497 e. The molecule has 2 rings (SSSR count). The first-order chi connectivity index (χ1) is 11.1. The molecule has 120 valence electrons. The molecule has 0 aliphatic carbocycles. The number of hydrogen-bond donors (Lipinski definition) is 2. The van der Waals surface area contributed by atoms with Gasteiger partial charge in [-0.2, -0.15) is 0 Å². The van der Waals surface area contributed by atoms with Crippen LogP contribution in [0.2, 0.25) is 0 Å². The molecule has 2 aromatic rings. The number of nitrogens with two attached hydrogens (primary N) is 2. The highest BCUT2D eigenvalue weighted by Gasteiger charge is 2.02. The Hall–Kier alpha value is -2.95. The van der Waals surface area contributed by atoms with Gasteiger partial charge in [-0.15, -0.1) is 0 Å². The Bertz CT molecular complexity index is 694. The van der Waals surface area contributed by atoms with Crippen molar-refractivity contribution in [2.75, 3.05) is 25.2 Å². The molecule has 0 spiro atoms. The summed E-state index contributed by atoms with van der Waals surface area (Å²) in [6.45, 7) is 0.249. The number of benzene rings is 2. The fourth-order valence-electron chi connectivity index (χ4n) is 2.03. The molecule has 0 saturated carbocycles. The molecule has 0 saturated heterocycles. The summed E-state index contributed by atoms with van der Waals surface area (Å²) in [5.41, 5.74) is 14.6. The molecule has 0 heterocycles. The molecule has 23 heavy (non-hydrogen) atoms. The number of esters is 1. The summed E-state index contributed by atoms with van der Waals surface area (Å²) in [5, 5.41) is 0. The van der Waals surface area contributed by atoms with E-state index < -0.39 is 5.97 Å². The molecule has 2 aromatic carbocycles. The molecule has 0 atom stereocenters. The molecule has 4 N–H and O–H groups in total. The summed E-state index contributed by atoms with van der Waals surface area (Å²) in [7, 11) is 1.61. The Balaban J connectivity index is 1.82. The first-order valence-electron chi connectivity index (χ1n) is 7.21. The minimum Gasteiger partial charge on any atom is -0.497 e. The van der Waals surface area contributed by atoms with E-state index in [2.05, 4.69) is 0 Å². The fourth-order valence-corrected chi connectivity index (χ4v) is 2.03. The number of rotatable bonds is 6. The minimum atomic E-state index is -0.400. The van der Waals surface area contributed by atoms with Crippen LogP contribution in [0.4, 0.5) is 11.4 Å². The lowest BCUT2D eigenvalue weighted by Crippen LogP contribution is -2.06. The van der Waals surface area contributed by atoms with Crippen LogP contribution in [0.5, 0.6) is 5.75 Å². The lowest BCUT2D eigenvalue weighted by molar-refractivity contribution is -0.137. The SMILES string of the molecule is COc1ccc(/C=C/C(=O)OCCc2cc(N)ccc2N)cc1. The van der Waals surface area contributed by atoms with Crippen LogP contribution in [0.1, 0.15) is 11.1 Å². The number of anilines is 2. The third-order valence-corrected chi connectivity index (χ3v) is 3.31. The van der Waals surface area contributed by atoms with Crippen LogP contribution in [-0.2, 0) is 16.0 Å². The maximum absolute atomic E-state index is 11.7. The number of hydrogen-bond acceptors (Lipinski definition) is 5. The highest BCUT2D eigenvalue weighted by Crippen LogP contribution is 2.16. The molecule has 0 radical (unpaired) electrons. The van der Waals surface area contributed by atoms with E-state index in [1.165, 1.54) is 6.08 Å². The van der Waals surface area contributed by atoms with E-state index in [1.54, 1.807) is 31.4 Å². The number of nitrogen functional groups attached to an aromatic ring is 2. The third kappa shape index (κ3) is 5.07. The molecule has 0 fully saturated rings. The predicted octanol–water partition coefficient (Wildman–Crippen LogP) is 2.66. The van der Waals surface area contributed by atoms with Crippen molar-refractivity contribution in [2.24, 2.45) is 0 Å². The Morgan fingerprint density at radius 2 is 1.87 bits per heavy atom. The average molecular weight is 312 g/mol. The fraction of sp³-hybridized carbons (Fsp3) is 0.167. The molecule has 0 unspecified atom stereocenters. The van der Waals surface area contributed by atoms with Gasteiger partial charge in [0.25, 0.3) is 0 Å². The van der Waals surface area contributed by atoms with Crippen LogP contribution in [0.3, 0.4) is 0 Å². The van der Waals surface area contributed by atoms with Crippen molar-refractivity contribution in [1.29, 1.82) is 0 Å². The second-order valence-electron chi connectivity index (χ2n) is 4.98. The van der Waals surface area contributed by atoms with Crippen molar-refractivity contribution in [3.8, 4) is 5.75 Å². The molecule has 0 aliphatic rings. The quantitative estimate of drug-likeness (QED) is 0.486. The van der Waals surface area contributed by atoms with Gasteiger partial charge in [0.15, 0.2) is 0 Å². The van der Waals surface area contributed by atoms with Crippen molar-refractivity contribution in [3.63, 3.8) is 0 Å². The van der Waals surface area contributed by atoms with E-state index in [9.17, 15) is 4.79 Å². The topological polar surface area (TPSA) is 87.6 Å². The summed E-state index contributed by atoms with van der Waals surface area (Å²) in [4.78, 5) is 11.7. The van der Waals surface area contributed by atoms with Gasteiger partial charge in [-0.1, -0.05) is 12.1 Å². The molecule has 5 nitrogen and oxygen atoms in total. The number of carbonyl (C=O) groups is 1. The highest BCUT2D eigenvalue weighted by molar-refractivity contribution is 5.87. The second-order valence-corrected chi connectivity index (χ2v) is 4.98. The number of carbonyl (C=O) groups excluding carboxylic acids is 1. The summed E-state index contributed by atoms with van der Waals surface area (Å²) in [6.07, 6.45) is 3.61. The van der Waals surface area contributed by atoms with E-state index in [4.69, 9.17) is 20.9 Å². The zero-order valence-corrected chi connectivity index (χ0v) is 13.0. The lowest BCUT2D eigenvalue weighted by atomic mass is 10.1. The van der Waals surface area contributed by atoms with Crippen molar-refractivity contribution < 1.29 is 14.3 Å². The Labute approximate surface area is 135 Å². The predicted molar refractivity (Wildman–Crippen MR) is 92.0 cm³/mol. The Morgan fingerprint density at radius 1 is 1.13 bits per heavy atom. The zero-order valence-electron chi connectivity index (χ0n) is 13.0. The van der Waals surface area contributed by atoms with Crippen molar-refractivity contribution in [1.82, 2.24) is 0 Å². The highest BCUT2D eigenvalue weighted by atomic mass is 16.5. The van der Waals surface area contributed by atoms with E-state index in [1.807, 2.05) is 24.3 Å². The van der Waals surface area contributed by atoms with Gasteiger partial charge in [-0.25, -0.2) is 4.79 Å². The van der Waals surface area contributed by atoms with Crippen molar-refractivity contribution in [3.05, 3.63) is 59.7 Å². The zero-order chi connectivity index (χ0) is 16.7. The number of ether oxygens (including phenoxy) is 2. The Morgan fingerprint density at radius 3 is 2.57 bits per heavy atom. The van der Waals surface area contributed by atoms with Gasteiger partial charge in [0, 0.05) is 23.9 Å². The number of methoxy groups -OCH3 is 1. The van der Waals surface area contributed by atoms with E-state index in [-0.39, 0.29) is 6.61 Å². The smallest absolute Gasteiger partial charge is 0.330 e. The van der Waals surface area contributed by atoms with Crippen LogP contribution in [-0.4, -0.2) is 19.7 Å². The average Bonchev–Trinajstić information content (AvgIpc) is 2.56. The summed E-state index contributed by atoms with van der Waals surface area (Å²) in [6, 6.07) is 12.6. The van der Waals surface area contributed by atoms with Crippen LogP contribution in [0.15, 0.2) is 48.5 Å². The van der Waals surface area contributed by atoms with Gasteiger partial charge in [0.05, 0.1) is 13.7 Å². The summed E-state index contributed by atoms with van der Waals surface area (Å²) in [5.74, 6) is 0.368. The van der Waals surface area contributed by atoms with Crippen LogP contribution >= 0.6 is 0 Å². The van der Waals surface area contributed by atoms with Gasteiger partial charge in [0.2, 0.25) is 0 Å². The summed E-state index contributed by atoms with van der Waals surface area (Å²) >= 11 is 0. The van der Waals surface area contributed by atoms with Crippen LogP contribution in [0, 0.1) is 0 Å².